The molecule has 0 spiro atoms. The SMILES string of the molecule is Cc1cccc(NC(=S)NNC(=O)COc2c(C)cccc2C)c1C. The van der Waals surface area contributed by atoms with Crippen LogP contribution in [0.4, 0.5) is 5.69 Å². The lowest BCUT2D eigenvalue weighted by molar-refractivity contribution is -0.123. The quantitative estimate of drug-likeness (QED) is 0.579. The lowest BCUT2D eigenvalue weighted by Gasteiger charge is -2.15. The van der Waals surface area contributed by atoms with Crippen molar-refractivity contribution in [3.8, 4) is 5.75 Å². The van der Waals surface area contributed by atoms with E-state index in [1.807, 2.05) is 64.1 Å². The molecule has 0 aromatic heterocycles. The van der Waals surface area contributed by atoms with Crippen molar-refractivity contribution in [2.24, 2.45) is 0 Å². The van der Waals surface area contributed by atoms with E-state index in [2.05, 4.69) is 16.2 Å². The van der Waals surface area contributed by atoms with Crippen molar-refractivity contribution in [2.45, 2.75) is 27.7 Å². The highest BCUT2D eigenvalue weighted by Crippen LogP contribution is 2.22. The minimum Gasteiger partial charge on any atom is -0.483 e. The number of thiocarbonyl (C=S) groups is 1. The van der Waals surface area contributed by atoms with Crippen LogP contribution >= 0.6 is 12.2 Å². The molecule has 1 amide bonds. The first kappa shape index (κ1) is 18.7. The predicted octanol–water partition coefficient (Wildman–Crippen LogP) is 3.32. The number of nitrogens with one attached hydrogen (secondary N) is 3. The average Bonchev–Trinajstić information content (AvgIpc) is 2.57. The van der Waals surface area contributed by atoms with Gasteiger partial charge in [0.05, 0.1) is 0 Å². The number of benzene rings is 2. The van der Waals surface area contributed by atoms with Gasteiger partial charge in [-0.25, -0.2) is 0 Å². The Bertz CT molecular complexity index is 770. The van der Waals surface area contributed by atoms with Crippen molar-refractivity contribution in [1.82, 2.24) is 10.9 Å². The Kier molecular flexibility index (Phi) is 6.36. The number of rotatable bonds is 4. The van der Waals surface area contributed by atoms with Gasteiger partial charge in [-0.2, -0.15) is 0 Å². The van der Waals surface area contributed by atoms with Crippen molar-refractivity contribution < 1.29 is 9.53 Å². The topological polar surface area (TPSA) is 62.4 Å². The summed E-state index contributed by atoms with van der Waals surface area (Å²) in [6.07, 6.45) is 0. The lowest BCUT2D eigenvalue weighted by Crippen LogP contribution is -2.45. The molecule has 2 aromatic rings. The molecule has 5 nitrogen and oxygen atoms in total. The second kappa shape index (κ2) is 8.48. The third-order valence-corrected chi connectivity index (χ3v) is 4.13. The smallest absolute Gasteiger partial charge is 0.276 e. The van der Waals surface area contributed by atoms with Gasteiger partial charge in [-0.15, -0.1) is 0 Å². The summed E-state index contributed by atoms with van der Waals surface area (Å²) in [6, 6.07) is 11.8. The van der Waals surface area contributed by atoms with Crippen LogP contribution < -0.4 is 20.9 Å². The molecule has 0 aliphatic heterocycles. The summed E-state index contributed by atoms with van der Waals surface area (Å²) in [4.78, 5) is 11.9. The fraction of sp³-hybridized carbons (Fsp3) is 0.263. The second-order valence-corrected chi connectivity index (χ2v) is 6.29. The van der Waals surface area contributed by atoms with Crippen LogP contribution in [0.1, 0.15) is 22.3 Å². The summed E-state index contributed by atoms with van der Waals surface area (Å²) >= 11 is 5.20. The molecule has 0 radical (unpaired) electrons. The third-order valence-electron chi connectivity index (χ3n) is 3.92. The Balaban J connectivity index is 1.81. The van der Waals surface area contributed by atoms with Crippen molar-refractivity contribution in [3.63, 3.8) is 0 Å². The maximum absolute atomic E-state index is 11.9. The summed E-state index contributed by atoms with van der Waals surface area (Å²) in [6.45, 7) is 7.84. The highest BCUT2D eigenvalue weighted by atomic mass is 32.1. The van der Waals surface area contributed by atoms with Crippen LogP contribution in [0.2, 0.25) is 0 Å². The molecule has 0 saturated heterocycles. The van der Waals surface area contributed by atoms with Crippen LogP contribution in [-0.4, -0.2) is 17.6 Å². The lowest BCUT2D eigenvalue weighted by atomic mass is 10.1. The Morgan fingerprint density at radius 2 is 1.56 bits per heavy atom. The van der Waals surface area contributed by atoms with Crippen LogP contribution in [0.3, 0.4) is 0 Å². The fourth-order valence-corrected chi connectivity index (χ4v) is 2.53. The monoisotopic (exact) mass is 357 g/mol. The van der Waals surface area contributed by atoms with Crippen LogP contribution in [0.5, 0.6) is 5.75 Å². The first-order chi connectivity index (χ1) is 11.9. The first-order valence-electron chi connectivity index (χ1n) is 7.99. The van der Waals surface area contributed by atoms with E-state index in [1.54, 1.807) is 0 Å². The van der Waals surface area contributed by atoms with Gasteiger partial charge in [0.1, 0.15) is 5.75 Å². The van der Waals surface area contributed by atoms with Crippen LogP contribution in [0.25, 0.3) is 0 Å². The Labute approximate surface area is 153 Å². The molecule has 25 heavy (non-hydrogen) atoms. The zero-order chi connectivity index (χ0) is 18.4. The van der Waals surface area contributed by atoms with E-state index in [0.717, 1.165) is 28.1 Å². The summed E-state index contributed by atoms with van der Waals surface area (Å²) in [7, 11) is 0. The van der Waals surface area contributed by atoms with Crippen molar-refractivity contribution in [3.05, 3.63) is 58.7 Å². The Morgan fingerprint density at radius 1 is 0.960 bits per heavy atom. The van der Waals surface area contributed by atoms with E-state index in [1.165, 1.54) is 5.56 Å². The highest BCUT2D eigenvalue weighted by molar-refractivity contribution is 7.80. The summed E-state index contributed by atoms with van der Waals surface area (Å²) in [5.74, 6) is 0.418. The van der Waals surface area contributed by atoms with Crippen LogP contribution in [-0.2, 0) is 4.79 Å². The normalized spacial score (nSPS) is 10.1. The Hall–Kier alpha value is -2.60. The van der Waals surface area contributed by atoms with Crippen molar-refractivity contribution in [2.75, 3.05) is 11.9 Å². The first-order valence-corrected chi connectivity index (χ1v) is 8.40. The molecular weight excluding hydrogens is 334 g/mol. The van der Waals surface area contributed by atoms with Crippen molar-refractivity contribution >= 4 is 28.9 Å². The number of hydrogen-bond acceptors (Lipinski definition) is 3. The number of hydrazine groups is 1. The van der Waals surface area contributed by atoms with E-state index in [9.17, 15) is 4.79 Å². The summed E-state index contributed by atoms with van der Waals surface area (Å²) < 4.78 is 5.60. The average molecular weight is 357 g/mol. The largest absolute Gasteiger partial charge is 0.483 e. The van der Waals surface area contributed by atoms with Gasteiger partial charge in [-0.3, -0.25) is 15.6 Å². The van der Waals surface area contributed by atoms with Crippen LogP contribution in [0, 0.1) is 27.7 Å². The Morgan fingerprint density at radius 3 is 2.24 bits per heavy atom. The molecule has 0 atom stereocenters. The van der Waals surface area contributed by atoms with E-state index >= 15 is 0 Å². The predicted molar refractivity (Wildman–Crippen MR) is 105 cm³/mol. The molecule has 3 N–H and O–H groups in total. The molecule has 2 aromatic carbocycles. The molecule has 0 fully saturated rings. The molecular formula is C19H23N3O2S. The molecule has 0 bridgehead atoms. The molecule has 0 aliphatic rings. The standard InChI is InChI=1S/C19H23N3O2S/c1-12-7-6-10-16(15(12)4)20-19(25)22-21-17(23)11-24-18-13(2)8-5-9-14(18)3/h5-10H,11H2,1-4H3,(H,21,23)(H2,20,22,25). The van der Waals surface area contributed by atoms with Crippen molar-refractivity contribution in [1.29, 1.82) is 0 Å². The minimum atomic E-state index is -0.312. The van der Waals surface area contributed by atoms with E-state index in [0.29, 0.717) is 5.11 Å². The molecule has 6 heteroatoms. The van der Waals surface area contributed by atoms with Gasteiger partial charge in [0.2, 0.25) is 0 Å². The third kappa shape index (κ3) is 5.19. The van der Waals surface area contributed by atoms with Gasteiger partial charge in [-0.1, -0.05) is 30.3 Å². The van der Waals surface area contributed by atoms with Gasteiger partial charge in [0, 0.05) is 5.69 Å². The number of carbonyl (C=O) groups excluding carboxylic acids is 1. The molecule has 0 heterocycles. The van der Waals surface area contributed by atoms with E-state index in [-0.39, 0.29) is 12.5 Å². The van der Waals surface area contributed by atoms with Gasteiger partial charge in [0.15, 0.2) is 11.7 Å². The number of carbonyl (C=O) groups is 1. The maximum Gasteiger partial charge on any atom is 0.276 e. The van der Waals surface area contributed by atoms with E-state index < -0.39 is 0 Å². The van der Waals surface area contributed by atoms with E-state index in [4.69, 9.17) is 17.0 Å². The number of amides is 1. The molecule has 0 saturated carbocycles. The van der Waals surface area contributed by atoms with Gasteiger partial charge in [-0.05, 0) is 68.2 Å². The number of para-hydroxylation sites is 1. The molecule has 0 aliphatic carbocycles. The summed E-state index contributed by atoms with van der Waals surface area (Å²) in [5, 5.41) is 3.38. The van der Waals surface area contributed by atoms with Gasteiger partial charge >= 0.3 is 0 Å². The zero-order valence-electron chi connectivity index (χ0n) is 14.9. The summed E-state index contributed by atoms with van der Waals surface area (Å²) in [5.41, 5.74) is 10.4. The molecule has 2 rings (SSSR count). The fourth-order valence-electron chi connectivity index (χ4n) is 2.37. The number of ether oxygens (including phenoxy) is 1. The number of anilines is 1. The van der Waals surface area contributed by atoms with Crippen LogP contribution in [0.15, 0.2) is 36.4 Å². The van der Waals surface area contributed by atoms with Gasteiger partial charge in [0.25, 0.3) is 5.91 Å². The number of aryl methyl sites for hydroxylation is 3. The number of hydrogen-bond donors (Lipinski definition) is 3. The maximum atomic E-state index is 11.9. The zero-order valence-corrected chi connectivity index (χ0v) is 15.7. The minimum absolute atomic E-state index is 0.0925. The van der Waals surface area contributed by atoms with Gasteiger partial charge < -0.3 is 10.1 Å². The molecule has 132 valence electrons. The highest BCUT2D eigenvalue weighted by Gasteiger charge is 2.08. The second-order valence-electron chi connectivity index (χ2n) is 5.88. The molecule has 0 unspecified atom stereocenters.